The summed E-state index contributed by atoms with van der Waals surface area (Å²) in [5.41, 5.74) is 11.6. The van der Waals surface area contributed by atoms with Crippen LogP contribution in [0.1, 0.15) is 197 Å². The van der Waals surface area contributed by atoms with Crippen molar-refractivity contribution in [3.05, 3.63) is 144 Å². The molecule has 0 radical (unpaired) electrons. The Morgan fingerprint density at radius 2 is 0.875 bits per heavy atom. The van der Waals surface area contributed by atoms with Crippen molar-refractivity contribution in [1.29, 1.82) is 0 Å². The van der Waals surface area contributed by atoms with Crippen LogP contribution in [-0.2, 0) is 37.9 Å². The number of rotatable bonds is 12. The molecule has 2 saturated heterocycles. The fourth-order valence-corrected chi connectivity index (χ4v) is 10.4. The van der Waals surface area contributed by atoms with Gasteiger partial charge in [0.05, 0.1) is 11.2 Å². The second-order valence-corrected chi connectivity index (χ2v) is 17.1. The highest BCUT2D eigenvalue weighted by Crippen LogP contribution is 2.51. The number of aldehydes is 1. The van der Waals surface area contributed by atoms with Gasteiger partial charge in [0.15, 0.2) is 0 Å². The molecule has 4 heteroatoms. The van der Waals surface area contributed by atoms with E-state index in [9.17, 15) is 4.79 Å². The molecule has 362 valence electrons. The molecule has 0 aromatic heterocycles. The van der Waals surface area contributed by atoms with Crippen LogP contribution in [-0.4, -0.2) is 37.2 Å². The van der Waals surface area contributed by atoms with Gasteiger partial charge in [-0.15, -0.1) is 0 Å². The van der Waals surface area contributed by atoms with Gasteiger partial charge in [-0.05, 0) is 106 Å². The molecule has 4 aromatic carbocycles. The number of aryl methyl sites for hydroxylation is 1. The summed E-state index contributed by atoms with van der Waals surface area (Å²) in [6, 6.07) is 43.1. The van der Waals surface area contributed by atoms with Gasteiger partial charge in [0, 0.05) is 33.3 Å². The van der Waals surface area contributed by atoms with Crippen molar-refractivity contribution in [2.45, 2.75) is 207 Å². The topological polar surface area (TPSA) is 61.6 Å². The second kappa shape index (κ2) is 33.8. The van der Waals surface area contributed by atoms with Crippen molar-refractivity contribution in [3.63, 3.8) is 0 Å². The van der Waals surface area contributed by atoms with Crippen molar-refractivity contribution in [2.75, 3.05) is 19.8 Å². The Hall–Kier alpha value is -3.57. The number of unbranched alkanes of at least 4 members (excludes halogenated alkanes) is 2. The maximum absolute atomic E-state index is 11.2. The molecule has 2 spiro atoms. The fourth-order valence-electron chi connectivity index (χ4n) is 10.4. The van der Waals surface area contributed by atoms with Gasteiger partial charge in [-0.3, -0.25) is 0 Å². The molecule has 2 heterocycles. The van der Waals surface area contributed by atoms with Crippen molar-refractivity contribution in [2.24, 2.45) is 5.73 Å². The standard InChI is InChI=1S/C26H34O.C17H22O2.C8H11N.4C2H6.CH4.2H2/c1-4-12-23(13-5-1)14-6-3-9-17-25(24-15-7-2-8-16-24)20-21-27-26(22-25)18-10-11-19-26;18-12-10-16(15-6-2-1-3-7-15)11-13-19-17(14-16)8-4-5-9-17;9-7-6-8-4-2-1-3-5-8;4*1-2;;;/h1-2,4-5,7-8,12-13,15-16H,3,6,9-11,14,17-22H2;1-3,6-7,12H,4-5,8-11,13-14H2;1-5H,6-7,9H2;4*1-2H3;1H4;2*1H/t25-;16-;;;;;;;;/m11......../s1. The van der Waals surface area contributed by atoms with Gasteiger partial charge in [-0.1, -0.05) is 223 Å². The minimum Gasteiger partial charge on any atom is -0.375 e. The first-order chi connectivity index (χ1) is 31.0. The highest BCUT2D eigenvalue weighted by molar-refractivity contribution is 5.54. The molecule has 2 atom stereocenters. The van der Waals surface area contributed by atoms with Crippen molar-refractivity contribution < 1.29 is 17.1 Å². The average molecular weight is 882 g/mol. The summed E-state index contributed by atoms with van der Waals surface area (Å²) < 4.78 is 12.5. The van der Waals surface area contributed by atoms with E-state index in [4.69, 9.17) is 15.2 Å². The Balaban J connectivity index is 0. The first-order valence-corrected chi connectivity index (χ1v) is 25.6. The molecule has 4 nitrogen and oxygen atoms in total. The zero-order valence-electron chi connectivity index (χ0n) is 41.5. The summed E-state index contributed by atoms with van der Waals surface area (Å²) in [5, 5.41) is 0. The largest absolute Gasteiger partial charge is 0.375 e. The van der Waals surface area contributed by atoms with Gasteiger partial charge in [0.25, 0.3) is 0 Å². The average Bonchev–Trinajstić information content (AvgIpc) is 4.02. The van der Waals surface area contributed by atoms with E-state index < -0.39 is 0 Å². The van der Waals surface area contributed by atoms with E-state index in [2.05, 4.69) is 97.1 Å². The maximum atomic E-state index is 11.2. The van der Waals surface area contributed by atoms with Gasteiger partial charge in [0.2, 0.25) is 0 Å². The van der Waals surface area contributed by atoms with Crippen LogP contribution in [0.4, 0.5) is 0 Å². The third-order valence-electron chi connectivity index (χ3n) is 13.3. The van der Waals surface area contributed by atoms with E-state index in [0.717, 1.165) is 45.3 Å². The Bertz CT molecular complexity index is 1660. The van der Waals surface area contributed by atoms with E-state index in [1.807, 2.05) is 79.7 Å². The fraction of sp³-hybridized carbons (Fsp3) is 0.583. The number of nitrogens with two attached hydrogens (primary N) is 1. The number of carbonyl (C=O) groups is 1. The Morgan fingerprint density at radius 3 is 1.30 bits per heavy atom. The molecule has 64 heavy (non-hydrogen) atoms. The minimum absolute atomic E-state index is 0. The summed E-state index contributed by atoms with van der Waals surface area (Å²) >= 11 is 0. The van der Waals surface area contributed by atoms with Crippen molar-refractivity contribution in [3.8, 4) is 0 Å². The molecule has 4 aliphatic rings. The lowest BCUT2D eigenvalue weighted by Crippen LogP contribution is -2.46. The van der Waals surface area contributed by atoms with Crippen LogP contribution in [0.5, 0.6) is 0 Å². The van der Waals surface area contributed by atoms with Crippen LogP contribution in [0.15, 0.2) is 121 Å². The molecule has 0 unspecified atom stereocenters. The lowest BCUT2D eigenvalue weighted by atomic mass is 9.65. The van der Waals surface area contributed by atoms with E-state index >= 15 is 0 Å². The van der Waals surface area contributed by atoms with E-state index in [-0.39, 0.29) is 26.9 Å². The SMILES string of the molecule is C.CC.CC.CC.CC.NCCc1ccccc1.O=CC[C@@]1(c2ccccc2)CCOC2(CCCC2)C1.[HH].[HH].c1ccc(CCCCC[C@@]2(c3ccccc3)CCOC3(CCCC3)C2)cc1. The van der Waals surface area contributed by atoms with Crippen LogP contribution in [0, 0.1) is 0 Å². The Morgan fingerprint density at radius 1 is 0.500 bits per heavy atom. The summed E-state index contributed by atoms with van der Waals surface area (Å²) in [6.07, 6.45) is 23.7. The molecule has 4 fully saturated rings. The smallest absolute Gasteiger partial charge is 0.120 e. The van der Waals surface area contributed by atoms with Crippen LogP contribution < -0.4 is 5.73 Å². The van der Waals surface area contributed by atoms with Crippen molar-refractivity contribution in [1.82, 2.24) is 0 Å². The zero-order chi connectivity index (χ0) is 46.1. The molecule has 2 saturated carbocycles. The third-order valence-corrected chi connectivity index (χ3v) is 13.3. The molecule has 0 amide bonds. The van der Waals surface area contributed by atoms with Crippen LogP contribution in [0.2, 0.25) is 0 Å². The van der Waals surface area contributed by atoms with E-state index in [1.54, 1.807) is 5.56 Å². The summed E-state index contributed by atoms with van der Waals surface area (Å²) in [6.45, 7) is 18.5. The summed E-state index contributed by atoms with van der Waals surface area (Å²) in [7, 11) is 0. The highest BCUT2D eigenvalue weighted by Gasteiger charge is 2.48. The van der Waals surface area contributed by atoms with Gasteiger partial charge in [-0.2, -0.15) is 0 Å². The van der Waals surface area contributed by atoms with Crippen molar-refractivity contribution >= 4 is 6.29 Å². The van der Waals surface area contributed by atoms with Gasteiger partial charge < -0.3 is 20.0 Å². The minimum atomic E-state index is 0. The van der Waals surface area contributed by atoms with Crippen LogP contribution in [0.3, 0.4) is 0 Å². The molecule has 2 aliphatic heterocycles. The Kier molecular flexibility index (Phi) is 30.9. The molecule has 2 N–H and O–H groups in total. The summed E-state index contributed by atoms with van der Waals surface area (Å²) in [4.78, 5) is 11.2. The number of hydrogen-bond acceptors (Lipinski definition) is 4. The maximum Gasteiger partial charge on any atom is 0.120 e. The van der Waals surface area contributed by atoms with E-state index in [1.165, 1.54) is 113 Å². The Labute approximate surface area is 397 Å². The normalized spacial score (nSPS) is 20.7. The van der Waals surface area contributed by atoms with Gasteiger partial charge >= 0.3 is 0 Å². The van der Waals surface area contributed by atoms with Crippen LogP contribution in [0.25, 0.3) is 0 Å². The number of ether oxygens (including phenoxy) is 2. The zero-order valence-corrected chi connectivity index (χ0v) is 41.5. The molecular formula is C60H99NO3. The molecule has 4 aromatic rings. The first-order valence-electron chi connectivity index (χ1n) is 25.6. The predicted octanol–water partition coefficient (Wildman–Crippen LogP) is 16.9. The lowest BCUT2D eigenvalue weighted by molar-refractivity contribution is -0.118. The molecule has 0 bridgehead atoms. The predicted molar refractivity (Wildman–Crippen MR) is 284 cm³/mol. The second-order valence-electron chi connectivity index (χ2n) is 17.1. The quantitative estimate of drug-likeness (QED) is 0.114. The molecular weight excluding hydrogens is 783 g/mol. The monoisotopic (exact) mass is 882 g/mol. The van der Waals surface area contributed by atoms with Crippen LogP contribution >= 0.6 is 0 Å². The first kappa shape index (κ1) is 58.4. The number of carbonyl (C=O) groups excluding carboxylic acids is 1. The summed E-state index contributed by atoms with van der Waals surface area (Å²) in [5.74, 6) is 0. The lowest BCUT2D eigenvalue weighted by Gasteiger charge is -2.47. The highest BCUT2D eigenvalue weighted by atomic mass is 16.5. The van der Waals surface area contributed by atoms with Gasteiger partial charge in [-0.25, -0.2) is 0 Å². The third kappa shape index (κ3) is 18.4. The number of benzene rings is 4. The molecule has 2 aliphatic carbocycles. The van der Waals surface area contributed by atoms with Gasteiger partial charge in [0.1, 0.15) is 6.29 Å². The van der Waals surface area contributed by atoms with E-state index in [0.29, 0.717) is 11.8 Å². The molecule has 8 rings (SSSR count). The number of hydrogen-bond donors (Lipinski definition) is 1.